The van der Waals surface area contributed by atoms with Crippen molar-refractivity contribution in [2.45, 2.75) is 277 Å². The van der Waals surface area contributed by atoms with Crippen LogP contribution in [0.4, 0.5) is 0 Å². The van der Waals surface area contributed by atoms with Crippen molar-refractivity contribution >= 4 is 17.9 Å². The summed E-state index contributed by atoms with van der Waals surface area (Å²) >= 11 is 0. The quantitative estimate of drug-likeness (QED) is 0.0262. The lowest BCUT2D eigenvalue weighted by Gasteiger charge is -2.18. The van der Waals surface area contributed by atoms with Crippen molar-refractivity contribution in [3.05, 3.63) is 60.8 Å². The summed E-state index contributed by atoms with van der Waals surface area (Å²) < 4.78 is 16.8. The topological polar surface area (TPSA) is 78.9 Å². The molecular formula is C58H102O6. The molecule has 0 aromatic heterocycles. The Morgan fingerprint density at radius 2 is 0.641 bits per heavy atom. The Morgan fingerprint density at radius 1 is 0.328 bits per heavy atom. The zero-order valence-corrected chi connectivity index (χ0v) is 42.3. The first kappa shape index (κ1) is 61.1. The summed E-state index contributed by atoms with van der Waals surface area (Å²) in [5.74, 6) is -0.938. The first-order chi connectivity index (χ1) is 31.5. The highest BCUT2D eigenvalue weighted by Crippen LogP contribution is 2.16. The fourth-order valence-corrected chi connectivity index (χ4v) is 7.67. The van der Waals surface area contributed by atoms with E-state index < -0.39 is 6.10 Å². The van der Waals surface area contributed by atoms with Crippen LogP contribution in [0.1, 0.15) is 271 Å². The monoisotopic (exact) mass is 895 g/mol. The molecule has 0 aromatic rings. The molecule has 0 saturated heterocycles. The molecule has 0 rings (SSSR count). The molecule has 0 heterocycles. The zero-order valence-electron chi connectivity index (χ0n) is 42.3. The molecule has 0 fully saturated rings. The van der Waals surface area contributed by atoms with Crippen molar-refractivity contribution in [2.75, 3.05) is 13.2 Å². The second-order valence-corrected chi connectivity index (χ2v) is 18.1. The average molecular weight is 895 g/mol. The molecule has 0 N–H and O–H groups in total. The third-order valence-corrected chi connectivity index (χ3v) is 11.7. The van der Waals surface area contributed by atoms with Crippen molar-refractivity contribution < 1.29 is 28.6 Å². The molecule has 6 nitrogen and oxygen atoms in total. The van der Waals surface area contributed by atoms with Gasteiger partial charge in [0.1, 0.15) is 13.2 Å². The zero-order chi connectivity index (χ0) is 46.5. The maximum Gasteiger partial charge on any atom is 0.306 e. The Labute approximate surface area is 396 Å². The predicted molar refractivity (Wildman–Crippen MR) is 275 cm³/mol. The molecule has 1 unspecified atom stereocenters. The van der Waals surface area contributed by atoms with Gasteiger partial charge >= 0.3 is 17.9 Å². The van der Waals surface area contributed by atoms with E-state index in [4.69, 9.17) is 14.2 Å². The van der Waals surface area contributed by atoms with Crippen LogP contribution in [0.3, 0.4) is 0 Å². The molecule has 0 bridgehead atoms. The van der Waals surface area contributed by atoms with Crippen LogP contribution in [-0.2, 0) is 28.6 Å². The molecule has 0 saturated carbocycles. The molecule has 0 amide bonds. The van der Waals surface area contributed by atoms with Crippen LogP contribution in [0.15, 0.2) is 60.8 Å². The summed E-state index contributed by atoms with van der Waals surface area (Å²) in [7, 11) is 0. The number of hydrogen-bond donors (Lipinski definition) is 0. The lowest BCUT2D eigenvalue weighted by molar-refractivity contribution is -0.167. The maximum atomic E-state index is 12.8. The minimum Gasteiger partial charge on any atom is -0.462 e. The van der Waals surface area contributed by atoms with Crippen molar-refractivity contribution in [1.82, 2.24) is 0 Å². The van der Waals surface area contributed by atoms with Gasteiger partial charge in [0.25, 0.3) is 0 Å². The van der Waals surface area contributed by atoms with E-state index in [0.29, 0.717) is 19.3 Å². The summed E-state index contributed by atoms with van der Waals surface area (Å²) in [4.78, 5) is 38.0. The number of allylic oxidation sites excluding steroid dienone is 10. The molecular weight excluding hydrogens is 793 g/mol. The third kappa shape index (κ3) is 50.1. The molecule has 0 aliphatic heterocycles. The first-order valence-electron chi connectivity index (χ1n) is 27.3. The Hall–Kier alpha value is -2.89. The number of carbonyl (C=O) groups is 3. The molecule has 1 atom stereocenters. The molecule has 0 aromatic carbocycles. The van der Waals surface area contributed by atoms with E-state index in [1.165, 1.54) is 128 Å². The Bertz CT molecular complexity index is 1170. The number of esters is 3. The lowest BCUT2D eigenvalue weighted by atomic mass is 10.0. The van der Waals surface area contributed by atoms with Gasteiger partial charge in [0, 0.05) is 19.3 Å². The lowest BCUT2D eigenvalue weighted by Crippen LogP contribution is -2.30. The van der Waals surface area contributed by atoms with E-state index in [2.05, 4.69) is 81.5 Å². The van der Waals surface area contributed by atoms with Gasteiger partial charge in [0.2, 0.25) is 0 Å². The van der Waals surface area contributed by atoms with Crippen LogP contribution in [0.2, 0.25) is 0 Å². The number of unbranched alkanes of at least 4 members (excludes halogenated alkanes) is 28. The van der Waals surface area contributed by atoms with Crippen LogP contribution in [-0.4, -0.2) is 37.2 Å². The largest absolute Gasteiger partial charge is 0.462 e. The van der Waals surface area contributed by atoms with Crippen molar-refractivity contribution in [3.8, 4) is 0 Å². The highest BCUT2D eigenvalue weighted by molar-refractivity contribution is 5.71. The Morgan fingerprint density at radius 3 is 1.06 bits per heavy atom. The highest BCUT2D eigenvalue weighted by atomic mass is 16.6. The maximum absolute atomic E-state index is 12.8. The van der Waals surface area contributed by atoms with E-state index in [1.807, 2.05) is 0 Å². The van der Waals surface area contributed by atoms with Crippen LogP contribution < -0.4 is 0 Å². The fourth-order valence-electron chi connectivity index (χ4n) is 7.67. The smallest absolute Gasteiger partial charge is 0.306 e. The second-order valence-electron chi connectivity index (χ2n) is 18.1. The number of rotatable bonds is 49. The van der Waals surface area contributed by atoms with Gasteiger partial charge in [-0.15, -0.1) is 0 Å². The van der Waals surface area contributed by atoms with E-state index >= 15 is 0 Å². The van der Waals surface area contributed by atoms with Crippen LogP contribution >= 0.6 is 0 Å². The minimum absolute atomic E-state index is 0.0915. The molecule has 0 radical (unpaired) electrons. The average Bonchev–Trinajstić information content (AvgIpc) is 3.29. The Kier molecular flexibility index (Phi) is 50.4. The number of ether oxygens (including phenoxy) is 3. The van der Waals surface area contributed by atoms with Gasteiger partial charge in [-0.2, -0.15) is 0 Å². The van der Waals surface area contributed by atoms with E-state index in [0.717, 1.165) is 96.3 Å². The summed E-state index contributed by atoms with van der Waals surface area (Å²) in [5.41, 5.74) is 0. The van der Waals surface area contributed by atoms with E-state index in [9.17, 15) is 14.4 Å². The van der Waals surface area contributed by atoms with Crippen molar-refractivity contribution in [1.29, 1.82) is 0 Å². The third-order valence-electron chi connectivity index (χ3n) is 11.7. The second kappa shape index (κ2) is 52.7. The fraction of sp³-hybridized carbons (Fsp3) is 0.776. The normalized spacial score (nSPS) is 12.5. The van der Waals surface area contributed by atoms with E-state index in [-0.39, 0.29) is 37.5 Å². The van der Waals surface area contributed by atoms with Gasteiger partial charge in [-0.05, 0) is 77.0 Å². The van der Waals surface area contributed by atoms with Crippen LogP contribution in [0, 0.1) is 0 Å². The van der Waals surface area contributed by atoms with Gasteiger partial charge in [-0.3, -0.25) is 14.4 Å². The predicted octanol–water partition coefficient (Wildman–Crippen LogP) is 18.0. The van der Waals surface area contributed by atoms with Crippen molar-refractivity contribution in [3.63, 3.8) is 0 Å². The van der Waals surface area contributed by atoms with Gasteiger partial charge in [-0.25, -0.2) is 0 Å². The van der Waals surface area contributed by atoms with Gasteiger partial charge < -0.3 is 14.2 Å². The molecule has 370 valence electrons. The summed E-state index contributed by atoms with van der Waals surface area (Å²) in [6, 6.07) is 0. The summed E-state index contributed by atoms with van der Waals surface area (Å²) in [6.45, 7) is 6.44. The van der Waals surface area contributed by atoms with Gasteiger partial charge in [0.15, 0.2) is 6.10 Å². The first-order valence-corrected chi connectivity index (χ1v) is 27.3. The molecule has 64 heavy (non-hydrogen) atoms. The molecule has 6 heteroatoms. The molecule has 0 aliphatic rings. The molecule has 0 spiro atoms. The van der Waals surface area contributed by atoms with Gasteiger partial charge in [0.05, 0.1) is 0 Å². The summed E-state index contributed by atoms with van der Waals surface area (Å²) in [5, 5.41) is 0. The minimum atomic E-state index is -0.796. The summed E-state index contributed by atoms with van der Waals surface area (Å²) in [6.07, 6.45) is 65.1. The highest BCUT2D eigenvalue weighted by Gasteiger charge is 2.19. The molecule has 0 aliphatic carbocycles. The van der Waals surface area contributed by atoms with E-state index in [1.54, 1.807) is 0 Å². The SMILES string of the molecule is CC/C=C\C/C=C\C/C=C\C/C=C\CCCCC(=O)OC(COC(=O)CCCCCCC/C=C\CCC)COC(=O)CCCCCCCCCCCCCCCCCCCCCCC. The van der Waals surface area contributed by atoms with Crippen LogP contribution in [0.5, 0.6) is 0 Å². The van der Waals surface area contributed by atoms with Gasteiger partial charge in [-0.1, -0.05) is 236 Å². The van der Waals surface area contributed by atoms with Crippen molar-refractivity contribution in [2.24, 2.45) is 0 Å². The standard InChI is InChI=1S/C58H102O6/c1-4-7-10-13-16-19-22-24-26-27-28-29-30-31-33-34-36-39-42-45-48-51-57(60)63-54-55(53-62-56(59)50-47-44-41-38-21-18-15-12-9-6-3)64-58(61)52-49-46-43-40-37-35-32-25-23-20-17-14-11-8-5-2/h8,11-12,15,17,20,25,32,37,40,55H,4-7,9-10,13-14,16,18-19,21-24,26-31,33-36,38-39,41-54H2,1-3H3/b11-8-,15-12-,20-17-,32-25-,40-37-. The van der Waals surface area contributed by atoms with Crippen LogP contribution in [0.25, 0.3) is 0 Å². The number of hydrogen-bond acceptors (Lipinski definition) is 6. The Balaban J connectivity index is 4.31. The number of carbonyl (C=O) groups excluding carboxylic acids is 3.